The Kier molecular flexibility index (Phi) is 9.56. The van der Waals surface area contributed by atoms with E-state index in [0.717, 1.165) is 25.5 Å². The summed E-state index contributed by atoms with van der Waals surface area (Å²) in [5.74, 6) is 0.802. The van der Waals surface area contributed by atoms with Gasteiger partial charge in [-0.2, -0.15) is 0 Å². The summed E-state index contributed by atoms with van der Waals surface area (Å²) in [7, 11) is 3.48. The van der Waals surface area contributed by atoms with E-state index in [1.54, 1.807) is 20.4 Å². The molecule has 0 bridgehead atoms. The number of aryl methyl sites for hydroxylation is 1. The average Bonchev–Trinajstić information content (AvgIpc) is 2.91. The Labute approximate surface area is 138 Å². The number of hydrogen-bond acceptors (Lipinski definition) is 3. The fourth-order valence-electron chi connectivity index (χ4n) is 1.48. The van der Waals surface area contributed by atoms with Crippen LogP contribution in [0.4, 0.5) is 0 Å². The van der Waals surface area contributed by atoms with E-state index in [9.17, 15) is 0 Å². The van der Waals surface area contributed by atoms with Crippen molar-refractivity contribution in [2.45, 2.75) is 32.4 Å². The lowest BCUT2D eigenvalue weighted by molar-refractivity contribution is 0.0268. The topological polar surface area (TPSA) is 63.5 Å². The van der Waals surface area contributed by atoms with Crippen molar-refractivity contribution in [1.29, 1.82) is 0 Å². The first kappa shape index (κ1) is 19.2. The predicted molar refractivity (Wildman–Crippen MR) is 92.7 cm³/mol. The molecule has 0 aliphatic heterocycles. The van der Waals surface area contributed by atoms with E-state index in [2.05, 4.69) is 25.2 Å². The number of ether oxygens (including phenoxy) is 1. The maximum Gasteiger partial charge on any atom is 0.191 e. The lowest BCUT2D eigenvalue weighted by Gasteiger charge is -2.24. The summed E-state index contributed by atoms with van der Waals surface area (Å²) < 4.78 is 7.41. The van der Waals surface area contributed by atoms with Gasteiger partial charge in [0, 0.05) is 46.2 Å². The van der Waals surface area contributed by atoms with Gasteiger partial charge in [-0.1, -0.05) is 0 Å². The molecule has 1 aromatic rings. The van der Waals surface area contributed by atoms with Crippen LogP contribution in [0.15, 0.2) is 23.7 Å². The lowest BCUT2D eigenvalue weighted by Crippen LogP contribution is -2.45. The molecule has 116 valence electrons. The molecule has 0 aromatic carbocycles. The molecular formula is C13H26IN5O. The van der Waals surface area contributed by atoms with Gasteiger partial charge in [-0.3, -0.25) is 4.99 Å². The summed E-state index contributed by atoms with van der Waals surface area (Å²) in [6.07, 6.45) is 6.60. The van der Waals surface area contributed by atoms with Gasteiger partial charge in [0.2, 0.25) is 0 Å². The van der Waals surface area contributed by atoms with E-state index in [0.29, 0.717) is 6.54 Å². The van der Waals surface area contributed by atoms with Gasteiger partial charge in [0.25, 0.3) is 0 Å². The third-order valence-corrected chi connectivity index (χ3v) is 2.90. The number of guanidine groups is 1. The highest BCUT2D eigenvalue weighted by Gasteiger charge is 2.16. The molecule has 0 spiro atoms. The first-order chi connectivity index (χ1) is 9.07. The number of hydrogen-bond donors (Lipinski definition) is 2. The first-order valence-electron chi connectivity index (χ1n) is 6.53. The van der Waals surface area contributed by atoms with Crippen molar-refractivity contribution in [3.63, 3.8) is 0 Å². The molecule has 0 saturated carbocycles. The highest BCUT2D eigenvalue weighted by atomic mass is 127. The maximum absolute atomic E-state index is 5.35. The van der Waals surface area contributed by atoms with E-state index in [1.807, 2.05) is 26.4 Å². The fourth-order valence-corrected chi connectivity index (χ4v) is 1.48. The van der Waals surface area contributed by atoms with Gasteiger partial charge in [-0.25, -0.2) is 4.98 Å². The molecule has 1 aromatic heterocycles. The number of methoxy groups -OCH3 is 1. The summed E-state index contributed by atoms with van der Waals surface area (Å²) in [5.41, 5.74) is -0.200. The third kappa shape index (κ3) is 7.68. The van der Waals surface area contributed by atoms with Crippen LogP contribution in [0, 0.1) is 0 Å². The molecule has 0 unspecified atom stereocenters. The van der Waals surface area contributed by atoms with E-state index in [4.69, 9.17) is 4.74 Å². The van der Waals surface area contributed by atoms with E-state index in [1.165, 1.54) is 0 Å². The molecule has 0 amide bonds. The van der Waals surface area contributed by atoms with Crippen LogP contribution < -0.4 is 10.6 Å². The van der Waals surface area contributed by atoms with Crippen LogP contribution in [0.25, 0.3) is 0 Å². The molecular weight excluding hydrogens is 369 g/mol. The molecule has 1 heterocycles. The second kappa shape index (κ2) is 9.98. The Hall–Kier alpha value is -0.830. The SMILES string of the molecule is CN=C(NCCCn1ccnc1)NCC(C)(C)OC.I. The number of aromatic nitrogens is 2. The van der Waals surface area contributed by atoms with Crippen molar-refractivity contribution < 1.29 is 4.74 Å². The number of rotatable bonds is 7. The van der Waals surface area contributed by atoms with Gasteiger partial charge in [-0.05, 0) is 20.3 Å². The van der Waals surface area contributed by atoms with Gasteiger partial charge in [0.05, 0.1) is 11.9 Å². The van der Waals surface area contributed by atoms with Crippen LogP contribution in [-0.2, 0) is 11.3 Å². The average molecular weight is 395 g/mol. The molecule has 0 aliphatic carbocycles. The summed E-state index contributed by atoms with van der Waals surface area (Å²) >= 11 is 0. The molecule has 0 fully saturated rings. The maximum atomic E-state index is 5.35. The summed E-state index contributed by atoms with van der Waals surface area (Å²) in [4.78, 5) is 8.19. The summed E-state index contributed by atoms with van der Waals surface area (Å²) in [6, 6.07) is 0. The van der Waals surface area contributed by atoms with E-state index >= 15 is 0 Å². The van der Waals surface area contributed by atoms with Crippen molar-refractivity contribution in [3.05, 3.63) is 18.7 Å². The quantitative estimate of drug-likeness (QED) is 0.318. The monoisotopic (exact) mass is 395 g/mol. The number of aliphatic imine (C=N–C) groups is 1. The van der Waals surface area contributed by atoms with Crippen molar-refractivity contribution in [2.75, 3.05) is 27.2 Å². The highest BCUT2D eigenvalue weighted by Crippen LogP contribution is 2.04. The Bertz CT molecular complexity index is 378. The van der Waals surface area contributed by atoms with E-state index < -0.39 is 0 Å². The Morgan fingerprint density at radius 1 is 1.40 bits per heavy atom. The van der Waals surface area contributed by atoms with Crippen molar-refractivity contribution in [1.82, 2.24) is 20.2 Å². The van der Waals surface area contributed by atoms with Crippen LogP contribution in [0.2, 0.25) is 0 Å². The van der Waals surface area contributed by atoms with Gasteiger partial charge in [-0.15, -0.1) is 24.0 Å². The molecule has 0 atom stereocenters. The van der Waals surface area contributed by atoms with E-state index in [-0.39, 0.29) is 29.6 Å². The predicted octanol–water partition coefficient (Wildman–Crippen LogP) is 1.48. The zero-order chi connectivity index (χ0) is 14.1. The minimum absolute atomic E-state index is 0. The van der Waals surface area contributed by atoms with Crippen molar-refractivity contribution >= 4 is 29.9 Å². The smallest absolute Gasteiger partial charge is 0.191 e. The summed E-state index contributed by atoms with van der Waals surface area (Å²) in [5, 5.41) is 6.53. The largest absolute Gasteiger partial charge is 0.377 e. The molecule has 20 heavy (non-hydrogen) atoms. The fraction of sp³-hybridized carbons (Fsp3) is 0.692. The molecule has 2 N–H and O–H groups in total. The Morgan fingerprint density at radius 2 is 2.15 bits per heavy atom. The molecule has 7 heteroatoms. The minimum Gasteiger partial charge on any atom is -0.377 e. The first-order valence-corrected chi connectivity index (χ1v) is 6.53. The van der Waals surface area contributed by atoms with Crippen LogP contribution in [0.5, 0.6) is 0 Å². The van der Waals surface area contributed by atoms with Gasteiger partial charge >= 0.3 is 0 Å². The molecule has 6 nitrogen and oxygen atoms in total. The van der Waals surface area contributed by atoms with Gasteiger partial charge < -0.3 is 19.9 Å². The number of halogens is 1. The lowest BCUT2D eigenvalue weighted by atomic mass is 10.1. The second-order valence-corrected chi connectivity index (χ2v) is 4.97. The molecule has 0 radical (unpaired) electrons. The third-order valence-electron chi connectivity index (χ3n) is 2.90. The minimum atomic E-state index is -0.200. The molecule has 0 saturated heterocycles. The standard InChI is InChI=1S/C13H25N5O.HI/c1-13(2,19-4)10-17-12(14-3)16-6-5-8-18-9-7-15-11-18;/h7,9,11H,5-6,8,10H2,1-4H3,(H2,14,16,17);1H. The second-order valence-electron chi connectivity index (χ2n) is 4.97. The van der Waals surface area contributed by atoms with Gasteiger partial charge in [0.1, 0.15) is 0 Å². The zero-order valence-electron chi connectivity index (χ0n) is 12.7. The molecule has 0 aliphatic rings. The zero-order valence-corrected chi connectivity index (χ0v) is 15.0. The van der Waals surface area contributed by atoms with Crippen molar-refractivity contribution in [2.24, 2.45) is 4.99 Å². The normalized spacial score (nSPS) is 11.9. The number of nitrogens with zero attached hydrogens (tertiary/aromatic N) is 3. The van der Waals surface area contributed by atoms with Crippen LogP contribution >= 0.6 is 24.0 Å². The number of nitrogens with one attached hydrogen (secondary N) is 2. The Morgan fingerprint density at radius 3 is 2.70 bits per heavy atom. The number of imidazole rings is 1. The molecule has 1 rings (SSSR count). The van der Waals surface area contributed by atoms with Crippen LogP contribution in [0.1, 0.15) is 20.3 Å². The van der Waals surface area contributed by atoms with Crippen LogP contribution in [-0.4, -0.2) is 48.4 Å². The highest BCUT2D eigenvalue weighted by molar-refractivity contribution is 14.0. The van der Waals surface area contributed by atoms with Crippen LogP contribution in [0.3, 0.4) is 0 Å². The Balaban J connectivity index is 0.00000361. The van der Waals surface area contributed by atoms with Gasteiger partial charge in [0.15, 0.2) is 5.96 Å². The van der Waals surface area contributed by atoms with Crippen molar-refractivity contribution in [3.8, 4) is 0 Å². The summed E-state index contributed by atoms with van der Waals surface area (Å²) in [6.45, 7) is 6.60.